The number of ether oxygens (including phenoxy) is 1. The van der Waals surface area contributed by atoms with Crippen molar-refractivity contribution in [2.24, 2.45) is 0 Å². The fraction of sp³-hybridized carbons (Fsp3) is 0.500. The number of hydrogen-bond donors (Lipinski definition) is 1. The number of nitrogens with zero attached hydrogens (tertiary/aromatic N) is 1. The molecular weight excluding hydrogens is 270 g/mol. The number of morpholine rings is 1. The van der Waals surface area contributed by atoms with E-state index in [0.29, 0.717) is 13.2 Å². The molecule has 0 spiro atoms. The van der Waals surface area contributed by atoms with Gasteiger partial charge >= 0.3 is 5.97 Å². The summed E-state index contributed by atoms with van der Waals surface area (Å²) in [6.45, 7) is 0.830. The van der Waals surface area contributed by atoms with Gasteiger partial charge in [0, 0.05) is 6.54 Å². The molecule has 0 radical (unpaired) electrons. The van der Waals surface area contributed by atoms with Gasteiger partial charge in [0.25, 0.3) is 0 Å². The van der Waals surface area contributed by atoms with Crippen molar-refractivity contribution in [2.75, 3.05) is 19.8 Å². The molecule has 1 aliphatic carbocycles. The molecule has 21 heavy (non-hydrogen) atoms. The van der Waals surface area contributed by atoms with Crippen LogP contribution in [0.5, 0.6) is 0 Å². The highest BCUT2D eigenvalue weighted by Gasteiger charge is 2.50. The van der Waals surface area contributed by atoms with Gasteiger partial charge in [-0.2, -0.15) is 0 Å². The molecule has 1 aromatic carbocycles. The fourth-order valence-corrected chi connectivity index (χ4v) is 3.24. The predicted molar refractivity (Wildman–Crippen MR) is 75.9 cm³/mol. The van der Waals surface area contributed by atoms with Crippen molar-refractivity contribution in [3.63, 3.8) is 0 Å². The van der Waals surface area contributed by atoms with Crippen molar-refractivity contribution in [1.29, 1.82) is 0 Å². The van der Waals surface area contributed by atoms with Crippen LogP contribution in [-0.4, -0.2) is 47.7 Å². The molecule has 1 heterocycles. The van der Waals surface area contributed by atoms with Crippen LogP contribution in [-0.2, 0) is 19.7 Å². The topological polar surface area (TPSA) is 66.8 Å². The second kappa shape index (κ2) is 5.48. The largest absolute Gasteiger partial charge is 0.480 e. The van der Waals surface area contributed by atoms with Gasteiger partial charge in [-0.1, -0.05) is 36.8 Å². The van der Waals surface area contributed by atoms with Gasteiger partial charge in [-0.3, -0.25) is 4.79 Å². The summed E-state index contributed by atoms with van der Waals surface area (Å²) in [6.07, 6.45) is 2.59. The lowest BCUT2D eigenvalue weighted by Crippen LogP contribution is -2.59. The Balaban J connectivity index is 1.90. The summed E-state index contributed by atoms with van der Waals surface area (Å²) in [6, 6.07) is 8.84. The van der Waals surface area contributed by atoms with Crippen molar-refractivity contribution in [3.8, 4) is 0 Å². The van der Waals surface area contributed by atoms with Crippen LogP contribution in [0.2, 0.25) is 0 Å². The molecule has 1 saturated heterocycles. The molecule has 1 N–H and O–H groups in total. The molecule has 1 amide bonds. The third kappa shape index (κ3) is 2.31. The molecule has 3 rings (SSSR count). The van der Waals surface area contributed by atoms with Gasteiger partial charge < -0.3 is 14.7 Å². The molecule has 2 fully saturated rings. The molecule has 1 unspecified atom stereocenters. The number of aliphatic carboxylic acids is 1. The molecule has 5 heteroatoms. The van der Waals surface area contributed by atoms with Gasteiger partial charge in [-0.05, 0) is 18.4 Å². The molecule has 1 atom stereocenters. The van der Waals surface area contributed by atoms with Gasteiger partial charge in [0.2, 0.25) is 5.91 Å². The third-order valence-corrected chi connectivity index (χ3v) is 4.62. The molecule has 0 bridgehead atoms. The van der Waals surface area contributed by atoms with E-state index in [-0.39, 0.29) is 12.5 Å². The second-order valence-corrected chi connectivity index (χ2v) is 5.73. The quantitative estimate of drug-likeness (QED) is 0.914. The highest BCUT2D eigenvalue weighted by atomic mass is 16.5. The Morgan fingerprint density at radius 3 is 2.52 bits per heavy atom. The summed E-state index contributed by atoms with van der Waals surface area (Å²) in [4.78, 5) is 25.9. The van der Waals surface area contributed by atoms with E-state index in [1.165, 1.54) is 4.90 Å². The number of carboxylic acids is 1. The number of hydrogen-bond acceptors (Lipinski definition) is 3. The lowest BCUT2D eigenvalue weighted by Gasteiger charge is -2.46. The van der Waals surface area contributed by atoms with E-state index >= 15 is 0 Å². The van der Waals surface area contributed by atoms with E-state index in [1.54, 1.807) is 0 Å². The summed E-state index contributed by atoms with van der Waals surface area (Å²) in [5.41, 5.74) is 0.462. The van der Waals surface area contributed by atoms with E-state index < -0.39 is 17.4 Å². The van der Waals surface area contributed by atoms with Gasteiger partial charge in [0.15, 0.2) is 6.04 Å². The van der Waals surface area contributed by atoms with Crippen LogP contribution in [0.3, 0.4) is 0 Å². The van der Waals surface area contributed by atoms with E-state index in [4.69, 9.17) is 4.74 Å². The van der Waals surface area contributed by atoms with Gasteiger partial charge in [-0.15, -0.1) is 0 Å². The first-order valence-electron chi connectivity index (χ1n) is 7.32. The maximum atomic E-state index is 13.0. The number of carboxylic acid groups (broad SMARTS) is 1. The predicted octanol–water partition coefficient (Wildman–Crippen LogP) is 1.42. The minimum Gasteiger partial charge on any atom is -0.480 e. The van der Waals surface area contributed by atoms with E-state index in [1.807, 2.05) is 30.3 Å². The van der Waals surface area contributed by atoms with E-state index in [0.717, 1.165) is 24.8 Å². The van der Waals surface area contributed by atoms with Crippen molar-refractivity contribution in [2.45, 2.75) is 30.7 Å². The van der Waals surface area contributed by atoms with E-state index in [9.17, 15) is 14.7 Å². The Bertz CT molecular complexity index is 538. The lowest BCUT2D eigenvalue weighted by atomic mass is 9.63. The molecular formula is C16H19NO4. The van der Waals surface area contributed by atoms with Crippen molar-refractivity contribution in [3.05, 3.63) is 35.9 Å². The minimum atomic E-state index is -0.995. The second-order valence-electron chi connectivity index (χ2n) is 5.73. The molecule has 112 valence electrons. The standard InChI is InChI=1S/C16H19NO4/c18-14(19)13-11-21-10-9-17(13)15(20)16(7-4-8-16)12-5-2-1-3-6-12/h1-3,5-6,13H,4,7-11H2,(H,18,19). The average molecular weight is 289 g/mol. The monoisotopic (exact) mass is 289 g/mol. The maximum absolute atomic E-state index is 13.0. The Kier molecular flexibility index (Phi) is 3.68. The smallest absolute Gasteiger partial charge is 0.328 e. The molecule has 0 aromatic heterocycles. The van der Waals surface area contributed by atoms with Gasteiger partial charge in [0.1, 0.15) is 0 Å². The zero-order chi connectivity index (χ0) is 14.9. The maximum Gasteiger partial charge on any atom is 0.328 e. The molecule has 2 aliphatic rings. The Morgan fingerprint density at radius 2 is 1.95 bits per heavy atom. The molecule has 1 aliphatic heterocycles. The van der Waals surface area contributed by atoms with Crippen LogP contribution >= 0.6 is 0 Å². The molecule has 1 saturated carbocycles. The SMILES string of the molecule is O=C(O)C1COCCN1C(=O)C1(c2ccccc2)CCC1. The first kappa shape index (κ1) is 14.1. The fourth-order valence-electron chi connectivity index (χ4n) is 3.24. The van der Waals surface area contributed by atoms with Crippen molar-refractivity contribution in [1.82, 2.24) is 4.90 Å². The number of amides is 1. The molecule has 1 aromatic rings. The van der Waals surface area contributed by atoms with Crippen LogP contribution in [0.4, 0.5) is 0 Å². The minimum absolute atomic E-state index is 0.0596. The summed E-state index contributed by atoms with van der Waals surface area (Å²) < 4.78 is 5.22. The zero-order valence-electron chi connectivity index (χ0n) is 11.8. The van der Waals surface area contributed by atoms with Gasteiger partial charge in [-0.25, -0.2) is 4.79 Å². The van der Waals surface area contributed by atoms with Crippen LogP contribution in [0.25, 0.3) is 0 Å². The highest BCUT2D eigenvalue weighted by molar-refractivity contribution is 5.92. The average Bonchev–Trinajstić information content (AvgIpc) is 2.47. The Labute approximate surface area is 123 Å². The van der Waals surface area contributed by atoms with Crippen LogP contribution in [0.1, 0.15) is 24.8 Å². The number of carbonyl (C=O) groups is 2. The summed E-state index contributed by atoms with van der Waals surface area (Å²) in [5.74, 6) is -1.05. The number of rotatable bonds is 3. The van der Waals surface area contributed by atoms with Crippen LogP contribution in [0.15, 0.2) is 30.3 Å². The number of carbonyl (C=O) groups excluding carboxylic acids is 1. The van der Waals surface area contributed by atoms with Gasteiger partial charge in [0.05, 0.1) is 18.6 Å². The lowest BCUT2D eigenvalue weighted by molar-refractivity contribution is -0.163. The third-order valence-electron chi connectivity index (χ3n) is 4.62. The Hall–Kier alpha value is -1.88. The first-order valence-corrected chi connectivity index (χ1v) is 7.32. The van der Waals surface area contributed by atoms with Crippen LogP contribution in [0, 0.1) is 0 Å². The first-order chi connectivity index (χ1) is 10.1. The Morgan fingerprint density at radius 1 is 1.24 bits per heavy atom. The van der Waals surface area contributed by atoms with E-state index in [2.05, 4.69) is 0 Å². The number of benzene rings is 1. The summed E-state index contributed by atoms with van der Waals surface area (Å²) in [5, 5.41) is 9.31. The normalized spacial score (nSPS) is 24.2. The van der Waals surface area contributed by atoms with Crippen LogP contribution < -0.4 is 0 Å². The highest BCUT2D eigenvalue weighted by Crippen LogP contribution is 2.45. The van der Waals surface area contributed by atoms with Crippen molar-refractivity contribution < 1.29 is 19.4 Å². The molecule has 5 nitrogen and oxygen atoms in total. The zero-order valence-corrected chi connectivity index (χ0v) is 11.8. The van der Waals surface area contributed by atoms with Crippen molar-refractivity contribution >= 4 is 11.9 Å². The summed E-state index contributed by atoms with van der Waals surface area (Å²) >= 11 is 0. The summed E-state index contributed by atoms with van der Waals surface area (Å²) in [7, 11) is 0.